The van der Waals surface area contributed by atoms with Crippen LogP contribution in [0.3, 0.4) is 0 Å². The minimum atomic E-state index is -3.69. The minimum absolute atomic E-state index is 0.0253. The fourth-order valence-corrected chi connectivity index (χ4v) is 15.3. The van der Waals surface area contributed by atoms with Gasteiger partial charge in [0, 0.05) is 82.9 Å². The maximum atomic E-state index is 14.4. The first-order chi connectivity index (χ1) is 45.1. The summed E-state index contributed by atoms with van der Waals surface area (Å²) in [6.07, 6.45) is 7.40. The molecule has 1 aromatic carbocycles. The van der Waals surface area contributed by atoms with E-state index in [0.717, 1.165) is 12.0 Å². The summed E-state index contributed by atoms with van der Waals surface area (Å²) >= 11 is 1.18. The summed E-state index contributed by atoms with van der Waals surface area (Å²) in [5.41, 5.74) is 0.263. The highest BCUT2D eigenvalue weighted by Crippen LogP contribution is 2.47. The molecule has 28 nitrogen and oxygen atoms in total. The Morgan fingerprint density at radius 3 is 1.82 bits per heavy atom. The first-order valence-corrected chi connectivity index (χ1v) is 35.1. The number of likely N-dealkylation sites (N-methyl/N-ethyl adjacent to an activating group) is 1. The number of fused-ring (bicyclic) bond motifs is 10. The van der Waals surface area contributed by atoms with Gasteiger partial charge in [0.25, 0.3) is 13.5 Å². The third-order valence-electron chi connectivity index (χ3n) is 18.8. The molecule has 95 heavy (non-hydrogen) atoms. The number of aromatic hydroxyl groups is 1. The molecule has 7 amide bonds. The van der Waals surface area contributed by atoms with Crippen LogP contribution in [0.1, 0.15) is 121 Å². The second kappa shape index (κ2) is 34.0. The van der Waals surface area contributed by atoms with E-state index in [1.165, 1.54) is 34.1 Å². The van der Waals surface area contributed by atoms with Gasteiger partial charge in [0.15, 0.2) is 11.9 Å². The molecule has 7 heterocycles. The molecule has 0 aliphatic carbocycles. The normalized spacial score (nSPS) is 23.6. The molecule has 6 aliphatic rings. The third kappa shape index (κ3) is 18.5. The number of esters is 1. The second-order valence-corrected chi connectivity index (χ2v) is 28.9. The van der Waals surface area contributed by atoms with Crippen molar-refractivity contribution in [2.45, 2.75) is 148 Å². The van der Waals surface area contributed by atoms with Gasteiger partial charge in [0.05, 0.1) is 92.2 Å². The highest BCUT2D eigenvalue weighted by Gasteiger charge is 2.62. The second-order valence-electron chi connectivity index (χ2n) is 25.9. The van der Waals surface area contributed by atoms with Crippen LogP contribution in [0.2, 0.25) is 0 Å². The average Bonchev–Trinajstić information content (AvgIpc) is 1.58. The number of hydrogen-bond acceptors (Lipinski definition) is 21. The van der Waals surface area contributed by atoms with Gasteiger partial charge < -0.3 is 44.3 Å². The van der Waals surface area contributed by atoms with Gasteiger partial charge in [-0.3, -0.25) is 62.4 Å². The number of ether oxygens (including phenoxy) is 5. The predicted octanol–water partition coefficient (Wildman–Crippen LogP) is 3.96. The summed E-state index contributed by atoms with van der Waals surface area (Å²) < 4.78 is 43.0. The fraction of sp³-hybridized carbons (Fsp3) is 0.646. The molecule has 6 aliphatic heterocycles. The number of phenols is 1. The van der Waals surface area contributed by atoms with Crippen molar-refractivity contribution in [2.24, 2.45) is 41.4 Å². The van der Waals surface area contributed by atoms with Gasteiger partial charge in [0.2, 0.25) is 35.4 Å². The number of carbonyl (C=O) groups is 9. The lowest BCUT2D eigenvalue weighted by atomic mass is 9.81. The standard InChI is InChI=1S/C64H93N10O16PS.CO2/c1-12-14-40(68-57(79)43-35-92-58(70-43)50(88-38(6)75)34-44(36(3)4)72(11)59(80)41(37(5)13-2)33-51(77)64(7,8)71(9)10)31-39-15-16-45(76)42(32-39)69-52(78)21-27-86-29-30-87-28-24-67-91(85,65-22-25-73-60(81)53-46-17-18-47(89-46)54(53)61(73)82)66-23-26-74-62(83)55-48-19-20-49(90-48)56(55)63(74)84;2-1-3/h15-20,32,35-37,40-41,44,46-50,53-56,76H,12-14,21-31,33-34H2,1-11H3,(H,68,79)(H,69,78)(H3,65,66,67,85);/t37-,40+,41-,44+,46?,47?,48?,49?,50+,53?,54?,55?,56?,91?;/m0./s1. The van der Waals surface area contributed by atoms with Crippen molar-refractivity contribution < 1.29 is 86.1 Å². The van der Waals surface area contributed by atoms with Gasteiger partial charge in [0.1, 0.15) is 16.5 Å². The molecule has 4 saturated heterocycles. The van der Waals surface area contributed by atoms with Crippen LogP contribution in [0.4, 0.5) is 5.69 Å². The van der Waals surface area contributed by atoms with E-state index in [-0.39, 0.29) is 155 Å². The lowest BCUT2D eigenvalue weighted by Crippen LogP contribution is -2.50. The minimum Gasteiger partial charge on any atom is -0.506 e. The highest BCUT2D eigenvalue weighted by atomic mass is 32.1. The lowest BCUT2D eigenvalue weighted by Gasteiger charge is -2.38. The molecular weight excluding hydrogens is 1270 g/mol. The number of rotatable bonds is 38. The number of nitrogens with zero attached hydrogens (tertiary/aromatic N) is 5. The van der Waals surface area contributed by atoms with Crippen molar-refractivity contribution in [1.82, 2.24) is 45.2 Å². The van der Waals surface area contributed by atoms with Gasteiger partial charge in [-0.25, -0.2) is 20.2 Å². The third-order valence-corrected chi connectivity index (χ3v) is 21.8. The Bertz CT molecular complexity index is 3120. The van der Waals surface area contributed by atoms with E-state index in [0.29, 0.717) is 24.3 Å². The number of amides is 7. The molecule has 4 fully saturated rings. The molecule has 4 bridgehead atoms. The Kier molecular flexibility index (Phi) is 27.0. The number of aromatic nitrogens is 1. The number of anilines is 1. The molecule has 0 radical (unpaired) electrons. The monoisotopic (exact) mass is 1360 g/mol. The van der Waals surface area contributed by atoms with E-state index >= 15 is 0 Å². The van der Waals surface area contributed by atoms with Crippen molar-refractivity contribution in [3.63, 3.8) is 0 Å². The summed E-state index contributed by atoms with van der Waals surface area (Å²) in [4.78, 5) is 147. The Morgan fingerprint density at radius 2 is 1.33 bits per heavy atom. The molecule has 8 rings (SSSR count). The number of likely N-dealkylation sites (tertiary alicyclic amines) is 2. The number of hydrogen-bond donors (Lipinski definition) is 6. The van der Waals surface area contributed by atoms with Crippen molar-refractivity contribution in [1.29, 1.82) is 0 Å². The van der Waals surface area contributed by atoms with Crippen LogP contribution in [-0.4, -0.2) is 211 Å². The largest absolute Gasteiger partial charge is 0.506 e. The van der Waals surface area contributed by atoms with Gasteiger partial charge in [-0.15, -0.1) is 11.3 Å². The fourth-order valence-electron chi connectivity index (χ4n) is 12.9. The summed E-state index contributed by atoms with van der Waals surface area (Å²) in [5.74, 6) is -6.16. The first-order valence-electron chi connectivity index (χ1n) is 32.5. The number of phenolic OH excluding ortho intramolecular Hbond substituents is 1. The Hall–Kier alpha value is -6.75. The number of benzene rings is 1. The number of thiazole rings is 1. The van der Waals surface area contributed by atoms with Crippen LogP contribution >= 0.6 is 18.9 Å². The van der Waals surface area contributed by atoms with Gasteiger partial charge in [-0.05, 0) is 70.3 Å². The van der Waals surface area contributed by atoms with E-state index < -0.39 is 97.1 Å². The van der Waals surface area contributed by atoms with Crippen LogP contribution in [-0.2, 0) is 82.6 Å². The number of Topliss-reactive ketones (excluding diaryl/α,β-unsaturated/α-hetero) is 1. The van der Waals surface area contributed by atoms with E-state index in [4.69, 9.17) is 33.3 Å². The van der Waals surface area contributed by atoms with Gasteiger partial charge in [-0.2, -0.15) is 9.59 Å². The van der Waals surface area contributed by atoms with Crippen LogP contribution < -0.4 is 25.9 Å². The van der Waals surface area contributed by atoms with E-state index in [1.807, 2.05) is 67.5 Å². The van der Waals surface area contributed by atoms with E-state index in [2.05, 4.69) is 30.9 Å². The molecule has 0 saturated carbocycles. The smallest absolute Gasteiger partial charge is 0.373 e. The topological polar surface area (TPSA) is 357 Å². The number of ketones is 1. The molecule has 2 aromatic rings. The van der Waals surface area contributed by atoms with Crippen LogP contribution in [0.5, 0.6) is 5.75 Å². The molecular formula is C65H93N10O18PS. The van der Waals surface area contributed by atoms with Crippen molar-refractivity contribution in [2.75, 3.05) is 85.6 Å². The number of carbonyl (C=O) groups excluding carboxylic acids is 11. The highest BCUT2D eigenvalue weighted by molar-refractivity contribution is 7.57. The molecule has 6 N–H and O–H groups in total. The summed E-state index contributed by atoms with van der Waals surface area (Å²) in [6.45, 7) is 15.2. The maximum Gasteiger partial charge on any atom is 0.373 e. The van der Waals surface area contributed by atoms with Crippen LogP contribution in [0.15, 0.2) is 47.9 Å². The van der Waals surface area contributed by atoms with E-state index in [9.17, 15) is 52.8 Å². The zero-order valence-electron chi connectivity index (χ0n) is 56.0. The maximum absolute atomic E-state index is 14.4. The molecule has 30 heteroatoms. The SMILES string of the molecule is CCC[C@H](Cc1ccc(O)c(NC(=O)CCOCCOCCNP(=O)(NCCN2C(=O)C3C4C=CC(O4)C3C2=O)NCCN2C(=O)C3C4C=CC(O4)C3C2=O)c1)NC(=O)c1csc([C@@H](C[C@H](C(C)C)N(C)C(=O)[C@@H](CC(=O)C(C)(C)N(C)C)[C@@H](C)CC)OC(C)=O)n1.O=C=O. The molecule has 0 spiro atoms. The average molecular weight is 1370 g/mol. The van der Waals surface area contributed by atoms with Gasteiger partial charge in [-0.1, -0.05) is 77.8 Å². The van der Waals surface area contributed by atoms with Crippen molar-refractivity contribution in [3.05, 3.63) is 64.1 Å². The number of imide groups is 2. The van der Waals surface area contributed by atoms with Crippen molar-refractivity contribution in [3.8, 4) is 5.75 Å². The molecule has 522 valence electrons. The van der Waals surface area contributed by atoms with Crippen LogP contribution in [0.25, 0.3) is 0 Å². The zero-order chi connectivity index (χ0) is 69.6. The Labute approximate surface area is 558 Å². The number of nitrogens with one attached hydrogen (secondary N) is 5. The van der Waals surface area contributed by atoms with Crippen molar-refractivity contribution >= 4 is 83.9 Å². The summed E-state index contributed by atoms with van der Waals surface area (Å²) in [7, 11) is 1.72. The molecule has 8 unspecified atom stereocenters. The summed E-state index contributed by atoms with van der Waals surface area (Å²) in [5, 5.41) is 27.4. The molecule has 1 aromatic heterocycles. The van der Waals surface area contributed by atoms with Crippen LogP contribution in [0, 0.1) is 41.4 Å². The predicted molar refractivity (Wildman–Crippen MR) is 345 cm³/mol. The molecule has 13 atom stereocenters. The Morgan fingerprint density at radius 1 is 0.800 bits per heavy atom. The lowest BCUT2D eigenvalue weighted by molar-refractivity contribution is -0.192. The quantitative estimate of drug-likeness (QED) is 0.0138. The first kappa shape index (κ1) is 75.6. The summed E-state index contributed by atoms with van der Waals surface area (Å²) in [6, 6.07) is 4.03. The van der Waals surface area contributed by atoms with E-state index in [1.54, 1.807) is 53.8 Å². The zero-order valence-corrected chi connectivity index (χ0v) is 57.7. The van der Waals surface area contributed by atoms with Gasteiger partial charge >= 0.3 is 12.1 Å². The Balaban J connectivity index is 0.00000417.